The highest BCUT2D eigenvalue weighted by molar-refractivity contribution is 5.70. The Balaban J connectivity index is 1.72. The van der Waals surface area contributed by atoms with Crippen molar-refractivity contribution >= 4 is 12.2 Å². The molecule has 2 N–H and O–H groups in total. The molecule has 1 aromatic rings. The highest BCUT2D eigenvalue weighted by atomic mass is 16.6. The zero-order valence-corrected chi connectivity index (χ0v) is 15.2. The largest absolute Gasteiger partial charge is 0.443 e. The molecule has 1 aliphatic carbocycles. The number of nitrogens with one attached hydrogen (secondary N) is 2. The third-order valence-electron chi connectivity index (χ3n) is 4.07. The zero-order chi connectivity index (χ0) is 18.6. The number of pyridine rings is 1. The standard InChI is InChI=1S/C18H27N3O5/c1-24-11-5-9-20-17(22)26-16-8-10-19-15(12-16)13-25-18(23)21-14-6-3-2-4-7-14/h8,10,12,14H,2-7,9,11,13H2,1H3,(H,20,22)(H,21,23). The monoisotopic (exact) mass is 365 g/mol. The van der Waals surface area contributed by atoms with Crippen LogP contribution in [0.4, 0.5) is 9.59 Å². The normalized spacial score (nSPS) is 14.5. The predicted octanol–water partition coefficient (Wildman–Crippen LogP) is 2.77. The first-order valence-corrected chi connectivity index (χ1v) is 9.00. The SMILES string of the molecule is COCCCNC(=O)Oc1ccnc(COC(=O)NC2CCCCC2)c1. The zero-order valence-electron chi connectivity index (χ0n) is 15.2. The van der Waals surface area contributed by atoms with E-state index in [0.717, 1.165) is 25.7 Å². The number of ether oxygens (including phenoxy) is 3. The van der Waals surface area contributed by atoms with Gasteiger partial charge in [-0.05, 0) is 25.3 Å². The number of amides is 2. The van der Waals surface area contributed by atoms with E-state index in [1.165, 1.54) is 12.6 Å². The van der Waals surface area contributed by atoms with Crippen molar-refractivity contribution in [1.29, 1.82) is 0 Å². The molecule has 8 heteroatoms. The Kier molecular flexibility index (Phi) is 8.68. The maximum atomic E-state index is 11.9. The number of methoxy groups -OCH3 is 1. The van der Waals surface area contributed by atoms with Gasteiger partial charge in [0.25, 0.3) is 0 Å². The molecule has 0 spiro atoms. The molecule has 26 heavy (non-hydrogen) atoms. The third kappa shape index (κ3) is 7.69. The molecule has 0 radical (unpaired) electrons. The predicted molar refractivity (Wildman–Crippen MR) is 95.0 cm³/mol. The van der Waals surface area contributed by atoms with E-state index in [-0.39, 0.29) is 12.6 Å². The van der Waals surface area contributed by atoms with Crippen LogP contribution in [0.5, 0.6) is 5.75 Å². The highest BCUT2D eigenvalue weighted by Gasteiger charge is 2.16. The van der Waals surface area contributed by atoms with Crippen LogP contribution in [0, 0.1) is 0 Å². The Morgan fingerprint density at radius 1 is 1.23 bits per heavy atom. The van der Waals surface area contributed by atoms with Gasteiger partial charge in [0, 0.05) is 38.6 Å². The molecule has 0 aromatic carbocycles. The molecule has 0 bridgehead atoms. The number of rotatable bonds is 8. The van der Waals surface area contributed by atoms with Gasteiger partial charge in [-0.2, -0.15) is 0 Å². The van der Waals surface area contributed by atoms with E-state index < -0.39 is 12.2 Å². The molecular weight excluding hydrogens is 338 g/mol. The first-order chi connectivity index (χ1) is 12.7. The van der Waals surface area contributed by atoms with Crippen molar-refractivity contribution in [1.82, 2.24) is 15.6 Å². The first kappa shape index (κ1) is 20.0. The summed E-state index contributed by atoms with van der Waals surface area (Å²) in [6.07, 6.45) is 6.72. The number of alkyl carbamates (subject to hydrolysis) is 1. The highest BCUT2D eigenvalue weighted by Crippen LogP contribution is 2.17. The van der Waals surface area contributed by atoms with Crippen molar-refractivity contribution < 1.29 is 23.8 Å². The van der Waals surface area contributed by atoms with E-state index in [0.29, 0.717) is 31.0 Å². The molecule has 1 heterocycles. The summed E-state index contributed by atoms with van der Waals surface area (Å²) >= 11 is 0. The van der Waals surface area contributed by atoms with Gasteiger partial charge >= 0.3 is 12.2 Å². The fourth-order valence-electron chi connectivity index (χ4n) is 2.74. The second-order valence-electron chi connectivity index (χ2n) is 6.20. The molecule has 1 fully saturated rings. The second kappa shape index (κ2) is 11.3. The molecule has 0 aliphatic heterocycles. The number of hydrogen-bond donors (Lipinski definition) is 2. The third-order valence-corrected chi connectivity index (χ3v) is 4.07. The van der Waals surface area contributed by atoms with Crippen LogP contribution in [0.2, 0.25) is 0 Å². The molecule has 8 nitrogen and oxygen atoms in total. The first-order valence-electron chi connectivity index (χ1n) is 9.00. The molecular formula is C18H27N3O5. The molecule has 0 atom stereocenters. The molecule has 1 aromatic heterocycles. The number of carbonyl (C=O) groups is 2. The molecule has 1 aliphatic rings. The summed E-state index contributed by atoms with van der Waals surface area (Å²) in [5.41, 5.74) is 0.508. The minimum absolute atomic E-state index is 0.0191. The van der Waals surface area contributed by atoms with E-state index in [9.17, 15) is 9.59 Å². The molecule has 144 valence electrons. The van der Waals surface area contributed by atoms with Crippen LogP contribution in [0.1, 0.15) is 44.2 Å². The number of aromatic nitrogens is 1. The summed E-state index contributed by atoms with van der Waals surface area (Å²) in [6, 6.07) is 3.34. The fraction of sp³-hybridized carbons (Fsp3) is 0.611. The van der Waals surface area contributed by atoms with Gasteiger partial charge in [0.2, 0.25) is 0 Å². The van der Waals surface area contributed by atoms with E-state index in [1.807, 2.05) is 0 Å². The molecule has 2 rings (SSSR count). The van der Waals surface area contributed by atoms with Gasteiger partial charge in [0.05, 0.1) is 5.69 Å². The van der Waals surface area contributed by atoms with Crippen LogP contribution in [-0.4, -0.2) is 43.5 Å². The quantitative estimate of drug-likeness (QED) is 0.687. The van der Waals surface area contributed by atoms with Crippen molar-refractivity contribution in [3.63, 3.8) is 0 Å². The van der Waals surface area contributed by atoms with Gasteiger partial charge in [-0.15, -0.1) is 0 Å². The van der Waals surface area contributed by atoms with Crippen LogP contribution in [0.3, 0.4) is 0 Å². The maximum absolute atomic E-state index is 11.9. The number of nitrogens with zero attached hydrogens (tertiary/aromatic N) is 1. The lowest BCUT2D eigenvalue weighted by molar-refractivity contribution is 0.131. The lowest BCUT2D eigenvalue weighted by atomic mass is 9.96. The second-order valence-corrected chi connectivity index (χ2v) is 6.20. The summed E-state index contributed by atoms with van der Waals surface area (Å²) in [6.45, 7) is 1.06. The average Bonchev–Trinajstić information content (AvgIpc) is 2.65. The summed E-state index contributed by atoms with van der Waals surface area (Å²) < 4.78 is 15.3. The van der Waals surface area contributed by atoms with Crippen molar-refractivity contribution in [2.45, 2.75) is 51.2 Å². The van der Waals surface area contributed by atoms with Crippen LogP contribution in [0.15, 0.2) is 18.3 Å². The Bertz CT molecular complexity index is 576. The van der Waals surface area contributed by atoms with Gasteiger partial charge in [-0.3, -0.25) is 4.98 Å². The van der Waals surface area contributed by atoms with Gasteiger partial charge in [-0.25, -0.2) is 9.59 Å². The average molecular weight is 365 g/mol. The van der Waals surface area contributed by atoms with Crippen LogP contribution in [-0.2, 0) is 16.1 Å². The summed E-state index contributed by atoms with van der Waals surface area (Å²) in [5, 5.41) is 5.50. The maximum Gasteiger partial charge on any atom is 0.412 e. The fourth-order valence-corrected chi connectivity index (χ4v) is 2.74. The van der Waals surface area contributed by atoms with E-state index in [2.05, 4.69) is 15.6 Å². The summed E-state index contributed by atoms with van der Waals surface area (Å²) in [4.78, 5) is 27.7. The summed E-state index contributed by atoms with van der Waals surface area (Å²) in [7, 11) is 1.61. The number of carbonyl (C=O) groups excluding carboxylic acids is 2. The Morgan fingerprint density at radius 2 is 2.04 bits per heavy atom. The Morgan fingerprint density at radius 3 is 2.81 bits per heavy atom. The Labute approximate surface area is 153 Å². The van der Waals surface area contributed by atoms with Gasteiger partial charge in [-0.1, -0.05) is 19.3 Å². The topological polar surface area (TPSA) is 98.8 Å². The van der Waals surface area contributed by atoms with Crippen molar-refractivity contribution in [2.75, 3.05) is 20.3 Å². The molecule has 0 saturated heterocycles. The van der Waals surface area contributed by atoms with Crippen molar-refractivity contribution in [3.8, 4) is 5.75 Å². The Hall–Kier alpha value is -2.35. The molecule has 1 saturated carbocycles. The summed E-state index contributed by atoms with van der Waals surface area (Å²) in [5.74, 6) is 0.343. The minimum atomic E-state index is -0.547. The van der Waals surface area contributed by atoms with Crippen molar-refractivity contribution in [2.24, 2.45) is 0 Å². The van der Waals surface area contributed by atoms with Crippen LogP contribution >= 0.6 is 0 Å². The lowest BCUT2D eigenvalue weighted by Gasteiger charge is -2.22. The van der Waals surface area contributed by atoms with E-state index in [1.54, 1.807) is 19.2 Å². The molecule has 2 amide bonds. The van der Waals surface area contributed by atoms with Gasteiger partial charge in [0.15, 0.2) is 0 Å². The van der Waals surface area contributed by atoms with E-state index in [4.69, 9.17) is 14.2 Å². The van der Waals surface area contributed by atoms with Crippen molar-refractivity contribution in [3.05, 3.63) is 24.0 Å². The lowest BCUT2D eigenvalue weighted by Crippen LogP contribution is -2.36. The minimum Gasteiger partial charge on any atom is -0.443 e. The van der Waals surface area contributed by atoms with Gasteiger partial charge in [0.1, 0.15) is 12.4 Å². The van der Waals surface area contributed by atoms with Gasteiger partial charge < -0.3 is 24.8 Å². The smallest absolute Gasteiger partial charge is 0.412 e. The van der Waals surface area contributed by atoms with Crippen LogP contribution in [0.25, 0.3) is 0 Å². The number of hydrogen-bond acceptors (Lipinski definition) is 6. The van der Waals surface area contributed by atoms with E-state index >= 15 is 0 Å². The van der Waals surface area contributed by atoms with Crippen LogP contribution < -0.4 is 15.4 Å². The molecule has 0 unspecified atom stereocenters.